The van der Waals surface area contributed by atoms with Gasteiger partial charge in [-0.15, -0.1) is 35.3 Å². The van der Waals surface area contributed by atoms with Crippen LogP contribution in [0.25, 0.3) is 0 Å². The van der Waals surface area contributed by atoms with E-state index in [9.17, 15) is 9.18 Å². The molecule has 2 heterocycles. The molecule has 0 saturated carbocycles. The first-order valence-electron chi connectivity index (χ1n) is 9.78. The van der Waals surface area contributed by atoms with Crippen LogP contribution in [-0.4, -0.2) is 49.6 Å². The predicted molar refractivity (Wildman–Crippen MR) is 129 cm³/mol. The smallest absolute Gasteiger partial charge is 0.242 e. The number of hydrogen-bond acceptors (Lipinski definition) is 4. The SMILES string of the molecule is CCC(CNC(=NC)NCC(=O)N1CCc2sccc2C1)Oc1cccc(F)c1.I. The molecule has 2 N–H and O–H groups in total. The van der Waals surface area contributed by atoms with Crippen LogP contribution >= 0.6 is 35.3 Å². The van der Waals surface area contributed by atoms with Crippen molar-refractivity contribution in [3.8, 4) is 5.75 Å². The first-order chi connectivity index (χ1) is 14.1. The highest BCUT2D eigenvalue weighted by Crippen LogP contribution is 2.23. The van der Waals surface area contributed by atoms with Crippen LogP contribution in [0.5, 0.6) is 5.75 Å². The Morgan fingerprint density at radius 2 is 2.20 bits per heavy atom. The summed E-state index contributed by atoms with van der Waals surface area (Å²) < 4.78 is 19.1. The number of hydrogen-bond donors (Lipinski definition) is 2. The van der Waals surface area contributed by atoms with E-state index in [4.69, 9.17) is 4.74 Å². The lowest BCUT2D eigenvalue weighted by Gasteiger charge is -2.27. The number of fused-ring (bicyclic) bond motifs is 1. The molecule has 1 unspecified atom stereocenters. The topological polar surface area (TPSA) is 66.0 Å². The Morgan fingerprint density at radius 1 is 1.37 bits per heavy atom. The standard InChI is InChI=1S/C21H27FN4O2S.HI/c1-3-17(28-18-6-4-5-16(22)11-18)12-24-21(23-2)25-13-20(27)26-9-7-19-15(14-26)8-10-29-19;/h4-6,8,10-11,17H,3,7,9,12-14H2,1-2H3,(H2,23,24,25);1H. The highest BCUT2D eigenvalue weighted by atomic mass is 127. The van der Waals surface area contributed by atoms with Crippen LogP contribution < -0.4 is 15.4 Å². The third-order valence-electron chi connectivity index (χ3n) is 4.84. The molecule has 3 rings (SSSR count). The zero-order valence-electron chi connectivity index (χ0n) is 17.2. The summed E-state index contributed by atoms with van der Waals surface area (Å²) in [6.45, 7) is 4.09. The molecule has 1 aromatic heterocycles. The predicted octanol–water partition coefficient (Wildman–Crippen LogP) is 3.41. The van der Waals surface area contributed by atoms with Crippen LogP contribution in [-0.2, 0) is 17.8 Å². The van der Waals surface area contributed by atoms with E-state index in [2.05, 4.69) is 27.1 Å². The van der Waals surface area contributed by atoms with Crippen molar-refractivity contribution in [3.63, 3.8) is 0 Å². The minimum atomic E-state index is -0.325. The number of aliphatic imine (C=N–C) groups is 1. The van der Waals surface area contributed by atoms with Crippen molar-refractivity contribution >= 4 is 47.2 Å². The minimum Gasteiger partial charge on any atom is -0.489 e. The summed E-state index contributed by atoms with van der Waals surface area (Å²) in [6.07, 6.45) is 1.52. The summed E-state index contributed by atoms with van der Waals surface area (Å²) in [5.41, 5.74) is 1.25. The zero-order chi connectivity index (χ0) is 20.6. The molecule has 0 fully saturated rings. The maximum atomic E-state index is 13.3. The Kier molecular flexibility index (Phi) is 9.83. The number of nitrogens with one attached hydrogen (secondary N) is 2. The summed E-state index contributed by atoms with van der Waals surface area (Å²) in [7, 11) is 1.66. The number of benzene rings is 1. The van der Waals surface area contributed by atoms with E-state index in [0.717, 1.165) is 19.4 Å². The lowest BCUT2D eigenvalue weighted by Crippen LogP contribution is -2.47. The van der Waals surface area contributed by atoms with Crippen LogP contribution in [0.4, 0.5) is 4.39 Å². The zero-order valence-corrected chi connectivity index (χ0v) is 20.3. The second-order valence-corrected chi connectivity index (χ2v) is 7.85. The van der Waals surface area contributed by atoms with Crippen molar-refractivity contribution in [1.82, 2.24) is 15.5 Å². The molecule has 1 aliphatic rings. The summed E-state index contributed by atoms with van der Waals surface area (Å²) in [4.78, 5) is 20.0. The second kappa shape index (κ2) is 12.1. The van der Waals surface area contributed by atoms with E-state index in [-0.39, 0.29) is 48.3 Å². The van der Waals surface area contributed by atoms with Crippen LogP contribution in [0.2, 0.25) is 0 Å². The summed E-state index contributed by atoms with van der Waals surface area (Å²) in [5.74, 6) is 0.754. The molecule has 0 spiro atoms. The van der Waals surface area contributed by atoms with Crippen LogP contribution in [0, 0.1) is 5.82 Å². The number of guanidine groups is 1. The molecule has 0 radical (unpaired) electrons. The fourth-order valence-electron chi connectivity index (χ4n) is 3.17. The molecule has 0 aliphatic carbocycles. The number of carbonyl (C=O) groups excluding carboxylic acids is 1. The molecule has 164 valence electrons. The Bertz CT molecular complexity index is 861. The van der Waals surface area contributed by atoms with E-state index in [1.54, 1.807) is 30.5 Å². The van der Waals surface area contributed by atoms with Gasteiger partial charge in [0.2, 0.25) is 5.91 Å². The second-order valence-electron chi connectivity index (χ2n) is 6.85. The van der Waals surface area contributed by atoms with Gasteiger partial charge in [0.1, 0.15) is 17.7 Å². The maximum absolute atomic E-state index is 13.3. The molecule has 1 atom stereocenters. The lowest BCUT2D eigenvalue weighted by atomic mass is 10.1. The summed E-state index contributed by atoms with van der Waals surface area (Å²) >= 11 is 1.76. The minimum absolute atomic E-state index is 0. The van der Waals surface area contributed by atoms with Crippen molar-refractivity contribution in [1.29, 1.82) is 0 Å². The molecular formula is C21H28FIN4O2S. The van der Waals surface area contributed by atoms with Crippen LogP contribution in [0.1, 0.15) is 23.8 Å². The number of rotatable bonds is 7. The Hall–Kier alpha value is -1.88. The molecule has 30 heavy (non-hydrogen) atoms. The Balaban J connectivity index is 0.00000320. The molecule has 9 heteroatoms. The monoisotopic (exact) mass is 546 g/mol. The molecular weight excluding hydrogens is 518 g/mol. The number of halogens is 2. The normalized spacial score (nSPS) is 14.4. The first-order valence-corrected chi connectivity index (χ1v) is 10.7. The van der Waals surface area contributed by atoms with E-state index < -0.39 is 0 Å². The Morgan fingerprint density at radius 3 is 2.93 bits per heavy atom. The summed E-state index contributed by atoms with van der Waals surface area (Å²) in [6, 6.07) is 8.20. The van der Waals surface area contributed by atoms with Crippen molar-refractivity contribution in [3.05, 3.63) is 52.0 Å². The fourth-order valence-corrected chi connectivity index (χ4v) is 4.06. The van der Waals surface area contributed by atoms with Gasteiger partial charge in [-0.3, -0.25) is 9.79 Å². The molecule has 1 amide bonds. The van der Waals surface area contributed by atoms with E-state index in [0.29, 0.717) is 24.8 Å². The number of nitrogens with zero attached hydrogens (tertiary/aromatic N) is 2. The van der Waals surface area contributed by atoms with Gasteiger partial charge in [-0.1, -0.05) is 13.0 Å². The first kappa shape index (κ1) is 24.4. The third-order valence-corrected chi connectivity index (χ3v) is 5.87. The van der Waals surface area contributed by atoms with Crippen molar-refractivity contribution in [2.45, 2.75) is 32.4 Å². The number of ether oxygens (including phenoxy) is 1. The van der Waals surface area contributed by atoms with Gasteiger partial charge in [0.25, 0.3) is 0 Å². The molecule has 6 nitrogen and oxygen atoms in total. The van der Waals surface area contributed by atoms with Crippen molar-refractivity contribution in [2.75, 3.05) is 26.7 Å². The number of thiophene rings is 1. The van der Waals surface area contributed by atoms with Gasteiger partial charge < -0.3 is 20.3 Å². The van der Waals surface area contributed by atoms with E-state index in [1.807, 2.05) is 11.8 Å². The Labute approximate surface area is 197 Å². The average Bonchev–Trinajstić information content (AvgIpc) is 3.20. The van der Waals surface area contributed by atoms with Gasteiger partial charge in [-0.2, -0.15) is 0 Å². The fraction of sp³-hybridized carbons (Fsp3) is 0.429. The molecule has 2 aromatic rings. The quantitative estimate of drug-likeness (QED) is 0.318. The molecule has 0 bridgehead atoms. The van der Waals surface area contributed by atoms with Gasteiger partial charge in [-0.25, -0.2) is 4.39 Å². The van der Waals surface area contributed by atoms with Gasteiger partial charge in [0, 0.05) is 31.1 Å². The van der Waals surface area contributed by atoms with Gasteiger partial charge in [-0.05, 0) is 42.0 Å². The molecule has 1 aliphatic heterocycles. The number of carbonyl (C=O) groups is 1. The third kappa shape index (κ3) is 6.83. The van der Waals surface area contributed by atoms with Gasteiger partial charge >= 0.3 is 0 Å². The lowest BCUT2D eigenvalue weighted by molar-refractivity contribution is -0.130. The van der Waals surface area contributed by atoms with Crippen LogP contribution in [0.3, 0.4) is 0 Å². The van der Waals surface area contributed by atoms with E-state index >= 15 is 0 Å². The van der Waals surface area contributed by atoms with E-state index in [1.165, 1.54) is 22.6 Å². The van der Waals surface area contributed by atoms with Gasteiger partial charge in [0.05, 0.1) is 13.1 Å². The largest absolute Gasteiger partial charge is 0.489 e. The van der Waals surface area contributed by atoms with Crippen molar-refractivity contribution in [2.24, 2.45) is 4.99 Å². The summed E-state index contributed by atoms with van der Waals surface area (Å²) in [5, 5.41) is 8.33. The molecule has 1 aromatic carbocycles. The highest BCUT2D eigenvalue weighted by Gasteiger charge is 2.21. The molecule has 0 saturated heterocycles. The van der Waals surface area contributed by atoms with Crippen molar-refractivity contribution < 1.29 is 13.9 Å². The van der Waals surface area contributed by atoms with Crippen LogP contribution in [0.15, 0.2) is 40.7 Å². The average molecular weight is 546 g/mol. The number of amides is 1. The maximum Gasteiger partial charge on any atom is 0.242 e. The van der Waals surface area contributed by atoms with Gasteiger partial charge in [0.15, 0.2) is 5.96 Å². The highest BCUT2D eigenvalue weighted by molar-refractivity contribution is 14.0.